The Morgan fingerprint density at radius 2 is 1.64 bits per heavy atom. The summed E-state index contributed by atoms with van der Waals surface area (Å²) in [5.74, 6) is 0. The highest BCUT2D eigenvalue weighted by Crippen LogP contribution is 2.27. The molecule has 0 aliphatic heterocycles. The Bertz CT molecular complexity index is 245. The van der Waals surface area contributed by atoms with Gasteiger partial charge in [0.1, 0.15) is 0 Å². The lowest BCUT2D eigenvalue weighted by Gasteiger charge is -2.06. The van der Waals surface area contributed by atoms with Crippen molar-refractivity contribution in [3.63, 3.8) is 0 Å². The molecule has 0 fully saturated rings. The fraction of sp³-hybridized carbons (Fsp3) is 0.167. The van der Waals surface area contributed by atoms with Crippen molar-refractivity contribution in [3.05, 3.63) is 28.0 Å². The van der Waals surface area contributed by atoms with E-state index in [9.17, 15) is 0 Å². The third-order valence-electron chi connectivity index (χ3n) is 1.15. The van der Waals surface area contributed by atoms with E-state index in [0.29, 0.717) is 0 Å². The highest BCUT2D eigenvalue weighted by Gasteiger charge is 2.12. The number of hydrogen-bond acceptors (Lipinski definition) is 3. The van der Waals surface area contributed by atoms with Crippen LogP contribution in [-0.4, -0.2) is 15.2 Å². The van der Waals surface area contributed by atoms with Gasteiger partial charge in [-0.1, -0.05) is 23.2 Å². The maximum absolute atomic E-state index is 8.74. The summed E-state index contributed by atoms with van der Waals surface area (Å²) in [7, 11) is 0. The summed E-state index contributed by atoms with van der Waals surface area (Å²) in [6.07, 6.45) is 0.933. The molecule has 0 spiro atoms. The van der Waals surface area contributed by atoms with Crippen LogP contribution in [0.4, 0.5) is 0 Å². The molecular formula is C6H5Cl2NO2. The zero-order valence-electron chi connectivity index (χ0n) is 5.33. The van der Waals surface area contributed by atoms with Crippen molar-refractivity contribution in [1.82, 2.24) is 4.98 Å². The van der Waals surface area contributed by atoms with E-state index < -0.39 is 6.29 Å². The average molecular weight is 194 g/mol. The topological polar surface area (TPSA) is 53.4 Å². The first-order valence-corrected chi connectivity index (χ1v) is 3.53. The quantitative estimate of drug-likeness (QED) is 0.663. The second-order valence-electron chi connectivity index (χ2n) is 1.89. The van der Waals surface area contributed by atoms with Crippen molar-refractivity contribution in [2.75, 3.05) is 0 Å². The van der Waals surface area contributed by atoms with E-state index in [2.05, 4.69) is 4.98 Å². The van der Waals surface area contributed by atoms with Gasteiger partial charge in [-0.3, -0.25) is 4.98 Å². The molecule has 0 bridgehead atoms. The normalized spacial score (nSPS) is 10.6. The molecule has 11 heavy (non-hydrogen) atoms. The lowest BCUT2D eigenvalue weighted by Crippen LogP contribution is -1.97. The van der Waals surface area contributed by atoms with Gasteiger partial charge in [0.15, 0.2) is 6.29 Å². The SMILES string of the molecule is OC(O)c1c(Cl)cncc1Cl. The van der Waals surface area contributed by atoms with E-state index in [4.69, 9.17) is 33.4 Å². The molecule has 3 nitrogen and oxygen atoms in total. The molecule has 0 atom stereocenters. The minimum Gasteiger partial charge on any atom is -0.364 e. The lowest BCUT2D eigenvalue weighted by atomic mass is 10.2. The highest BCUT2D eigenvalue weighted by molar-refractivity contribution is 6.35. The van der Waals surface area contributed by atoms with Gasteiger partial charge in [-0.25, -0.2) is 0 Å². The Morgan fingerprint density at radius 3 is 1.91 bits per heavy atom. The van der Waals surface area contributed by atoms with E-state index in [1.165, 1.54) is 12.4 Å². The first kappa shape index (κ1) is 8.74. The molecule has 1 aromatic heterocycles. The number of aliphatic hydroxyl groups is 2. The average Bonchev–Trinajstić information content (AvgIpc) is 1.85. The third-order valence-corrected chi connectivity index (χ3v) is 1.75. The minimum absolute atomic E-state index is 0.0864. The molecule has 1 aromatic rings. The third kappa shape index (κ3) is 1.81. The Hall–Kier alpha value is -0.350. The van der Waals surface area contributed by atoms with Gasteiger partial charge >= 0.3 is 0 Å². The summed E-state index contributed by atoms with van der Waals surface area (Å²) in [5, 5.41) is 17.8. The first-order chi connectivity index (χ1) is 5.13. The molecule has 60 valence electrons. The van der Waals surface area contributed by atoms with Crippen molar-refractivity contribution >= 4 is 23.2 Å². The smallest absolute Gasteiger partial charge is 0.181 e. The number of halogens is 2. The molecule has 0 aliphatic carbocycles. The Morgan fingerprint density at radius 1 is 1.18 bits per heavy atom. The molecule has 1 heterocycles. The van der Waals surface area contributed by atoms with Crippen molar-refractivity contribution in [2.24, 2.45) is 0 Å². The number of nitrogens with zero attached hydrogens (tertiary/aromatic N) is 1. The second kappa shape index (κ2) is 3.36. The summed E-state index contributed by atoms with van der Waals surface area (Å²) < 4.78 is 0. The van der Waals surface area contributed by atoms with Crippen LogP contribution in [0.1, 0.15) is 11.9 Å². The fourth-order valence-corrected chi connectivity index (χ4v) is 1.23. The van der Waals surface area contributed by atoms with Crippen molar-refractivity contribution in [1.29, 1.82) is 0 Å². The number of rotatable bonds is 1. The number of hydrogen-bond donors (Lipinski definition) is 2. The van der Waals surface area contributed by atoms with Crippen LogP contribution >= 0.6 is 23.2 Å². The molecule has 0 unspecified atom stereocenters. The molecular weight excluding hydrogens is 189 g/mol. The van der Waals surface area contributed by atoms with Gasteiger partial charge in [-0.15, -0.1) is 0 Å². The van der Waals surface area contributed by atoms with Gasteiger partial charge in [0.05, 0.1) is 10.0 Å². The summed E-state index contributed by atoms with van der Waals surface area (Å²) >= 11 is 11.1. The molecule has 0 radical (unpaired) electrons. The second-order valence-corrected chi connectivity index (χ2v) is 2.70. The van der Waals surface area contributed by atoms with Crippen LogP contribution in [0.25, 0.3) is 0 Å². The molecule has 0 aliphatic rings. The molecule has 2 N–H and O–H groups in total. The molecule has 0 saturated heterocycles. The van der Waals surface area contributed by atoms with Crippen LogP contribution in [0.5, 0.6) is 0 Å². The van der Waals surface area contributed by atoms with Crippen molar-refractivity contribution in [3.8, 4) is 0 Å². The first-order valence-electron chi connectivity index (χ1n) is 2.78. The zero-order chi connectivity index (χ0) is 8.43. The Kier molecular flexibility index (Phi) is 2.67. The lowest BCUT2D eigenvalue weighted by molar-refractivity contribution is -0.0423. The standard InChI is InChI=1S/C6H5Cl2NO2/c7-3-1-9-2-4(8)5(3)6(10)11/h1-2,6,10-11H. The van der Waals surface area contributed by atoms with E-state index in [0.717, 1.165) is 0 Å². The van der Waals surface area contributed by atoms with Crippen LogP contribution in [0.2, 0.25) is 10.0 Å². The molecule has 0 saturated carbocycles. The summed E-state index contributed by atoms with van der Waals surface area (Å²) in [6.45, 7) is 0. The van der Waals surface area contributed by atoms with Crippen LogP contribution < -0.4 is 0 Å². The summed E-state index contributed by atoms with van der Waals surface area (Å²) in [5.41, 5.74) is 0.0864. The van der Waals surface area contributed by atoms with Crippen molar-refractivity contribution < 1.29 is 10.2 Å². The van der Waals surface area contributed by atoms with Crippen LogP contribution in [0.3, 0.4) is 0 Å². The molecule has 1 rings (SSSR count). The number of pyridine rings is 1. The van der Waals surface area contributed by atoms with E-state index in [1.54, 1.807) is 0 Å². The van der Waals surface area contributed by atoms with Gasteiger partial charge in [0, 0.05) is 18.0 Å². The van der Waals surface area contributed by atoms with Gasteiger partial charge in [-0.2, -0.15) is 0 Å². The van der Waals surface area contributed by atoms with E-state index >= 15 is 0 Å². The minimum atomic E-state index is -1.65. The van der Waals surface area contributed by atoms with E-state index in [1.807, 2.05) is 0 Å². The fourth-order valence-electron chi connectivity index (χ4n) is 0.668. The van der Waals surface area contributed by atoms with Gasteiger partial charge < -0.3 is 10.2 Å². The van der Waals surface area contributed by atoms with Gasteiger partial charge in [0.2, 0.25) is 0 Å². The Labute approximate surface area is 73.2 Å². The highest BCUT2D eigenvalue weighted by atomic mass is 35.5. The molecule has 0 aromatic carbocycles. The van der Waals surface area contributed by atoms with Crippen LogP contribution in [0.15, 0.2) is 12.4 Å². The molecule has 0 amide bonds. The Balaban J connectivity index is 3.21. The molecule has 5 heteroatoms. The maximum atomic E-state index is 8.74. The van der Waals surface area contributed by atoms with Crippen LogP contribution in [-0.2, 0) is 0 Å². The van der Waals surface area contributed by atoms with E-state index in [-0.39, 0.29) is 15.6 Å². The number of aliphatic hydroxyl groups excluding tert-OH is 1. The number of aromatic nitrogens is 1. The van der Waals surface area contributed by atoms with Gasteiger partial charge in [-0.05, 0) is 0 Å². The monoisotopic (exact) mass is 193 g/mol. The largest absolute Gasteiger partial charge is 0.364 e. The summed E-state index contributed by atoms with van der Waals surface area (Å²) in [6, 6.07) is 0. The van der Waals surface area contributed by atoms with Gasteiger partial charge in [0.25, 0.3) is 0 Å². The summed E-state index contributed by atoms with van der Waals surface area (Å²) in [4.78, 5) is 3.64. The van der Waals surface area contributed by atoms with Crippen molar-refractivity contribution in [2.45, 2.75) is 6.29 Å². The predicted octanol–water partition coefficient (Wildman–Crippen LogP) is 1.37. The zero-order valence-corrected chi connectivity index (χ0v) is 6.84. The van der Waals surface area contributed by atoms with Crippen LogP contribution in [0, 0.1) is 0 Å². The predicted molar refractivity (Wildman–Crippen MR) is 41.4 cm³/mol. The maximum Gasteiger partial charge on any atom is 0.181 e.